The van der Waals surface area contributed by atoms with Gasteiger partial charge in [0.25, 0.3) is 0 Å². The number of amides is 2. The molecule has 0 saturated heterocycles. The van der Waals surface area contributed by atoms with E-state index in [9.17, 15) is 9.59 Å². The number of hydrogen-bond donors (Lipinski definition) is 2. The molecule has 2 N–H and O–H groups in total. The zero-order valence-electron chi connectivity index (χ0n) is 14.8. The Kier molecular flexibility index (Phi) is 5.62. The van der Waals surface area contributed by atoms with Crippen molar-refractivity contribution in [2.24, 2.45) is 5.41 Å². The molecule has 2 aromatic carbocycles. The number of nitrogens with one attached hydrogen (secondary N) is 2. The second kappa shape index (κ2) is 7.92. The van der Waals surface area contributed by atoms with Crippen LogP contribution in [0.5, 0.6) is 0 Å². The van der Waals surface area contributed by atoms with Crippen molar-refractivity contribution in [2.75, 3.05) is 6.54 Å². The van der Waals surface area contributed by atoms with Crippen LogP contribution in [0, 0.1) is 5.41 Å². The van der Waals surface area contributed by atoms with Crippen molar-refractivity contribution in [1.82, 2.24) is 10.6 Å². The maximum Gasteiger partial charge on any atom is 0.236 e. The van der Waals surface area contributed by atoms with Crippen molar-refractivity contribution in [1.29, 1.82) is 0 Å². The van der Waals surface area contributed by atoms with Crippen molar-refractivity contribution in [2.45, 2.75) is 32.2 Å². The summed E-state index contributed by atoms with van der Waals surface area (Å²) in [6, 6.07) is 17.2. The van der Waals surface area contributed by atoms with Gasteiger partial charge in [-0.25, -0.2) is 0 Å². The van der Waals surface area contributed by atoms with Crippen LogP contribution >= 0.6 is 11.6 Å². The number of carbonyl (C=O) groups excluding carboxylic acids is 2. The van der Waals surface area contributed by atoms with E-state index in [1.165, 1.54) is 0 Å². The van der Waals surface area contributed by atoms with Crippen molar-refractivity contribution in [3.8, 4) is 0 Å². The van der Waals surface area contributed by atoms with E-state index in [2.05, 4.69) is 10.6 Å². The van der Waals surface area contributed by atoms with Crippen LogP contribution in [0.1, 0.15) is 36.9 Å². The van der Waals surface area contributed by atoms with Crippen LogP contribution in [-0.4, -0.2) is 18.4 Å². The second-order valence-corrected chi connectivity index (χ2v) is 7.26. The average Bonchev–Trinajstić information content (AvgIpc) is 3.46. The first kappa shape index (κ1) is 18.5. The molecule has 2 amide bonds. The molecule has 1 aliphatic carbocycles. The Balaban J connectivity index is 1.51. The van der Waals surface area contributed by atoms with Crippen LogP contribution in [0.2, 0.25) is 5.02 Å². The molecule has 0 bridgehead atoms. The molecule has 1 unspecified atom stereocenters. The molecule has 0 spiro atoms. The molecule has 1 aliphatic rings. The highest BCUT2D eigenvalue weighted by atomic mass is 35.5. The zero-order chi connectivity index (χ0) is 18.6. The normalized spacial score (nSPS) is 15.8. The summed E-state index contributed by atoms with van der Waals surface area (Å²) in [5, 5.41) is 6.58. The number of hydrogen-bond acceptors (Lipinski definition) is 2. The first-order valence-electron chi connectivity index (χ1n) is 8.90. The zero-order valence-corrected chi connectivity index (χ0v) is 15.6. The Morgan fingerprint density at radius 1 is 1.04 bits per heavy atom. The molecule has 1 fully saturated rings. The summed E-state index contributed by atoms with van der Waals surface area (Å²) in [6.45, 7) is 2.44. The Bertz CT molecular complexity index is 770. The molecule has 3 rings (SSSR count). The molecule has 1 saturated carbocycles. The first-order valence-corrected chi connectivity index (χ1v) is 9.28. The Morgan fingerprint density at radius 3 is 2.31 bits per heavy atom. The summed E-state index contributed by atoms with van der Waals surface area (Å²) >= 11 is 5.87. The minimum atomic E-state index is -0.900. The Labute approximate surface area is 158 Å². The van der Waals surface area contributed by atoms with E-state index in [-0.39, 0.29) is 17.9 Å². The van der Waals surface area contributed by atoms with Gasteiger partial charge in [0.2, 0.25) is 11.8 Å². The summed E-state index contributed by atoms with van der Waals surface area (Å²) in [7, 11) is 0. The van der Waals surface area contributed by atoms with Crippen LogP contribution < -0.4 is 10.6 Å². The van der Waals surface area contributed by atoms with Gasteiger partial charge in [-0.2, -0.15) is 0 Å². The molecular weight excluding hydrogens is 348 g/mol. The monoisotopic (exact) mass is 370 g/mol. The number of rotatable bonds is 7. The molecule has 0 heterocycles. The minimum absolute atomic E-state index is 0.122. The quantitative estimate of drug-likeness (QED) is 0.731. The molecule has 1 atom stereocenters. The van der Waals surface area contributed by atoms with Crippen LogP contribution in [0.4, 0.5) is 0 Å². The van der Waals surface area contributed by atoms with Gasteiger partial charge in [-0.1, -0.05) is 54.1 Å². The predicted molar refractivity (Wildman–Crippen MR) is 103 cm³/mol. The van der Waals surface area contributed by atoms with Gasteiger partial charge in [0.15, 0.2) is 0 Å². The van der Waals surface area contributed by atoms with E-state index >= 15 is 0 Å². The van der Waals surface area contributed by atoms with Crippen molar-refractivity contribution >= 4 is 23.4 Å². The molecule has 0 aromatic heterocycles. The Hall–Kier alpha value is -2.33. The first-order chi connectivity index (χ1) is 12.5. The minimum Gasteiger partial charge on any atom is -0.355 e. The van der Waals surface area contributed by atoms with Gasteiger partial charge < -0.3 is 10.6 Å². The Morgan fingerprint density at radius 2 is 1.69 bits per heavy atom. The molecule has 26 heavy (non-hydrogen) atoms. The number of benzene rings is 2. The third-order valence-corrected chi connectivity index (χ3v) is 5.13. The summed E-state index contributed by atoms with van der Waals surface area (Å²) in [6.07, 6.45) is 1.92. The highest BCUT2D eigenvalue weighted by Crippen LogP contribution is 2.46. The van der Waals surface area contributed by atoms with Gasteiger partial charge in [0.1, 0.15) is 5.41 Å². The average molecular weight is 371 g/mol. The fourth-order valence-electron chi connectivity index (χ4n) is 2.98. The maximum absolute atomic E-state index is 12.6. The van der Waals surface area contributed by atoms with E-state index in [1.54, 1.807) is 0 Å². The predicted octanol–water partition coefficient (Wildman–Crippen LogP) is 3.66. The van der Waals surface area contributed by atoms with Crippen molar-refractivity contribution in [3.63, 3.8) is 0 Å². The standard InChI is InChI=1S/C21H23ClN2O2/c1-15(17-5-3-2-4-6-17)24-20(26)21(12-13-21)19(25)23-14-11-16-7-9-18(22)10-8-16/h2-10,15H,11-14H2,1H3,(H,23,25)(H,24,26). The smallest absolute Gasteiger partial charge is 0.236 e. The van der Waals surface area contributed by atoms with E-state index in [0.29, 0.717) is 30.8 Å². The highest BCUT2D eigenvalue weighted by Gasteiger charge is 2.56. The van der Waals surface area contributed by atoms with E-state index in [4.69, 9.17) is 11.6 Å². The summed E-state index contributed by atoms with van der Waals surface area (Å²) in [5.41, 5.74) is 1.23. The van der Waals surface area contributed by atoms with Gasteiger partial charge in [-0.05, 0) is 49.4 Å². The molecular formula is C21H23ClN2O2. The SMILES string of the molecule is CC(NC(=O)C1(C(=O)NCCc2ccc(Cl)cc2)CC1)c1ccccc1. The molecule has 0 aliphatic heterocycles. The largest absolute Gasteiger partial charge is 0.355 e. The van der Waals surface area contributed by atoms with Gasteiger partial charge in [-0.15, -0.1) is 0 Å². The van der Waals surface area contributed by atoms with E-state index < -0.39 is 5.41 Å². The summed E-state index contributed by atoms with van der Waals surface area (Å²) in [4.78, 5) is 25.2. The lowest BCUT2D eigenvalue weighted by Crippen LogP contribution is -2.44. The van der Waals surface area contributed by atoms with Crippen LogP contribution in [0.15, 0.2) is 54.6 Å². The van der Waals surface area contributed by atoms with Crippen molar-refractivity contribution in [3.05, 3.63) is 70.7 Å². The highest BCUT2D eigenvalue weighted by molar-refractivity contribution is 6.30. The topological polar surface area (TPSA) is 58.2 Å². The van der Waals surface area contributed by atoms with Crippen LogP contribution in [0.25, 0.3) is 0 Å². The molecule has 136 valence electrons. The third-order valence-electron chi connectivity index (χ3n) is 4.88. The number of carbonyl (C=O) groups is 2. The fourth-order valence-corrected chi connectivity index (χ4v) is 3.11. The van der Waals surface area contributed by atoms with E-state index in [0.717, 1.165) is 11.1 Å². The molecule has 0 radical (unpaired) electrons. The van der Waals surface area contributed by atoms with Gasteiger partial charge in [0.05, 0.1) is 6.04 Å². The van der Waals surface area contributed by atoms with Gasteiger partial charge in [0, 0.05) is 11.6 Å². The molecule has 4 nitrogen and oxygen atoms in total. The summed E-state index contributed by atoms with van der Waals surface area (Å²) < 4.78 is 0. The lowest BCUT2D eigenvalue weighted by Gasteiger charge is -2.19. The lowest BCUT2D eigenvalue weighted by molar-refractivity contribution is -0.137. The molecule has 5 heteroatoms. The van der Waals surface area contributed by atoms with Crippen molar-refractivity contribution < 1.29 is 9.59 Å². The second-order valence-electron chi connectivity index (χ2n) is 6.82. The number of halogens is 1. The van der Waals surface area contributed by atoms with Crippen LogP contribution in [-0.2, 0) is 16.0 Å². The van der Waals surface area contributed by atoms with Gasteiger partial charge in [-0.3, -0.25) is 9.59 Å². The molecule has 2 aromatic rings. The summed E-state index contributed by atoms with van der Waals surface area (Å²) in [5.74, 6) is -0.359. The maximum atomic E-state index is 12.6. The van der Waals surface area contributed by atoms with E-state index in [1.807, 2.05) is 61.5 Å². The van der Waals surface area contributed by atoms with Crippen LogP contribution in [0.3, 0.4) is 0 Å². The van der Waals surface area contributed by atoms with Gasteiger partial charge >= 0.3 is 0 Å². The third kappa shape index (κ3) is 4.25. The lowest BCUT2D eigenvalue weighted by atomic mass is 10.0. The fraction of sp³-hybridized carbons (Fsp3) is 0.333.